The Balaban J connectivity index is 1.67. The summed E-state index contributed by atoms with van der Waals surface area (Å²) in [6.07, 6.45) is -0.0110. The maximum Gasteiger partial charge on any atom is 0.300 e. The number of hydrogen-bond acceptors (Lipinski definition) is 7. The molecule has 0 bridgehead atoms. The molecule has 8 heteroatoms. The molecule has 1 N–H and O–H groups in total. The van der Waals surface area contributed by atoms with Gasteiger partial charge in [0.05, 0.1) is 24.8 Å². The van der Waals surface area contributed by atoms with Gasteiger partial charge in [-0.2, -0.15) is 0 Å². The Hall–Kier alpha value is -4.46. The van der Waals surface area contributed by atoms with Crippen LogP contribution in [0, 0.1) is 6.92 Å². The van der Waals surface area contributed by atoms with E-state index in [1.165, 1.54) is 4.90 Å². The number of carbonyl (C=O) groups excluding carboxylic acids is 2. The molecule has 5 rings (SSSR count). The number of aliphatic hydroxyl groups is 1. The minimum Gasteiger partial charge on any atom is -0.507 e. The van der Waals surface area contributed by atoms with E-state index in [9.17, 15) is 14.7 Å². The van der Waals surface area contributed by atoms with E-state index in [1.54, 1.807) is 74.7 Å². The molecule has 0 saturated carbocycles. The van der Waals surface area contributed by atoms with Crippen LogP contribution in [0.15, 0.2) is 66.2 Å². The molecule has 1 unspecified atom stereocenters. The molecular weight excluding hydrogens is 474 g/mol. The van der Waals surface area contributed by atoms with Gasteiger partial charge in [-0.3, -0.25) is 14.5 Å². The van der Waals surface area contributed by atoms with E-state index in [2.05, 4.69) is 0 Å². The van der Waals surface area contributed by atoms with Gasteiger partial charge in [0.1, 0.15) is 17.3 Å². The first-order chi connectivity index (χ1) is 17.8. The number of nitrogens with zero attached hydrogens (tertiary/aromatic N) is 1. The molecule has 1 saturated heterocycles. The van der Waals surface area contributed by atoms with Gasteiger partial charge >= 0.3 is 0 Å². The summed E-state index contributed by atoms with van der Waals surface area (Å²) in [7, 11) is 1.55. The van der Waals surface area contributed by atoms with Gasteiger partial charge in [0.15, 0.2) is 11.5 Å². The SMILES string of the molecule is COc1ccc(/C(O)=C2\C(=O)C(=O)N(c3ccc4c(c3)OCO4)C2c2ccc(OC(C)C)cc2)c(C)c1. The standard InChI is InChI=1S/C29H27NO7/c1-16(2)37-20-8-5-18(6-9-20)26-25(27(31)22-11-10-21(34-4)13-17(22)3)28(32)29(33)30(26)19-7-12-23-24(14-19)36-15-35-23/h5-14,16,26,31H,15H2,1-4H3/b27-25+. The van der Waals surface area contributed by atoms with Crippen molar-refractivity contribution in [2.24, 2.45) is 0 Å². The molecule has 190 valence electrons. The first kappa shape index (κ1) is 24.2. The van der Waals surface area contributed by atoms with Crippen LogP contribution in [-0.2, 0) is 9.59 Å². The maximum absolute atomic E-state index is 13.5. The van der Waals surface area contributed by atoms with Crippen LogP contribution in [0.4, 0.5) is 5.69 Å². The van der Waals surface area contributed by atoms with Gasteiger partial charge in [0.25, 0.3) is 11.7 Å². The van der Waals surface area contributed by atoms with Crippen LogP contribution in [0.3, 0.4) is 0 Å². The Morgan fingerprint density at radius 2 is 1.68 bits per heavy atom. The van der Waals surface area contributed by atoms with Crippen LogP contribution in [0.25, 0.3) is 5.76 Å². The van der Waals surface area contributed by atoms with Crippen LogP contribution in [-0.4, -0.2) is 36.8 Å². The summed E-state index contributed by atoms with van der Waals surface area (Å²) >= 11 is 0. The smallest absolute Gasteiger partial charge is 0.300 e. The third-order valence-corrected chi connectivity index (χ3v) is 6.34. The van der Waals surface area contributed by atoms with E-state index < -0.39 is 17.7 Å². The van der Waals surface area contributed by atoms with Crippen LogP contribution in [0.1, 0.15) is 36.6 Å². The number of ketones is 1. The third-order valence-electron chi connectivity index (χ3n) is 6.34. The van der Waals surface area contributed by atoms with Gasteiger partial charge in [-0.1, -0.05) is 12.1 Å². The van der Waals surface area contributed by atoms with Crippen molar-refractivity contribution in [3.8, 4) is 23.0 Å². The molecule has 8 nitrogen and oxygen atoms in total. The van der Waals surface area contributed by atoms with E-state index in [4.69, 9.17) is 18.9 Å². The van der Waals surface area contributed by atoms with Crippen molar-refractivity contribution in [3.63, 3.8) is 0 Å². The maximum atomic E-state index is 13.5. The lowest BCUT2D eigenvalue weighted by atomic mass is 9.93. The molecule has 1 atom stereocenters. The lowest BCUT2D eigenvalue weighted by Gasteiger charge is -2.26. The molecule has 0 spiro atoms. The summed E-state index contributed by atoms with van der Waals surface area (Å²) in [4.78, 5) is 28.3. The summed E-state index contributed by atoms with van der Waals surface area (Å²) in [6, 6.07) is 16.5. The van der Waals surface area contributed by atoms with Crippen molar-refractivity contribution in [2.45, 2.75) is 32.9 Å². The molecule has 3 aromatic carbocycles. The first-order valence-corrected chi connectivity index (χ1v) is 11.9. The molecule has 1 fully saturated rings. The molecular formula is C29H27NO7. The van der Waals surface area contributed by atoms with Gasteiger partial charge in [0.2, 0.25) is 6.79 Å². The second-order valence-corrected chi connectivity index (χ2v) is 9.12. The van der Waals surface area contributed by atoms with Crippen LogP contribution in [0.2, 0.25) is 0 Å². The number of benzene rings is 3. The topological polar surface area (TPSA) is 94.5 Å². The second kappa shape index (κ2) is 9.54. The fraction of sp³-hybridized carbons (Fsp3) is 0.241. The molecule has 1 amide bonds. The predicted molar refractivity (Wildman–Crippen MR) is 137 cm³/mol. The van der Waals surface area contributed by atoms with Gasteiger partial charge in [-0.25, -0.2) is 0 Å². The zero-order chi connectivity index (χ0) is 26.3. The fourth-order valence-corrected chi connectivity index (χ4v) is 4.62. The quantitative estimate of drug-likeness (QED) is 0.284. The molecule has 0 radical (unpaired) electrons. The van der Waals surface area contributed by atoms with Gasteiger partial charge in [-0.05, 0) is 74.4 Å². The van der Waals surface area contributed by atoms with E-state index in [1.807, 2.05) is 13.8 Å². The van der Waals surface area contributed by atoms with Crippen molar-refractivity contribution in [2.75, 3.05) is 18.8 Å². The lowest BCUT2D eigenvalue weighted by Crippen LogP contribution is -2.29. The number of rotatable bonds is 6. The highest BCUT2D eigenvalue weighted by Gasteiger charge is 2.47. The second-order valence-electron chi connectivity index (χ2n) is 9.12. The van der Waals surface area contributed by atoms with E-state index in [0.717, 1.165) is 0 Å². The van der Waals surface area contributed by atoms with Crippen LogP contribution >= 0.6 is 0 Å². The number of amides is 1. The number of methoxy groups -OCH3 is 1. The summed E-state index contributed by atoms with van der Waals surface area (Å²) in [5.74, 6) is 0.522. The van der Waals surface area contributed by atoms with E-state index >= 15 is 0 Å². The zero-order valence-corrected chi connectivity index (χ0v) is 21.0. The number of ether oxygens (including phenoxy) is 4. The lowest BCUT2D eigenvalue weighted by molar-refractivity contribution is -0.132. The summed E-state index contributed by atoms with van der Waals surface area (Å²) in [5.41, 5.74) is 2.22. The fourth-order valence-electron chi connectivity index (χ4n) is 4.62. The van der Waals surface area contributed by atoms with Crippen molar-refractivity contribution in [3.05, 3.63) is 82.9 Å². The molecule has 0 aromatic heterocycles. The first-order valence-electron chi connectivity index (χ1n) is 11.9. The number of aliphatic hydroxyl groups excluding tert-OH is 1. The molecule has 2 heterocycles. The Kier molecular flexibility index (Phi) is 6.25. The van der Waals surface area contributed by atoms with Gasteiger partial charge in [0, 0.05) is 17.3 Å². The normalized spacial score (nSPS) is 18.0. The number of aryl methyl sites for hydroxylation is 1. The molecule has 2 aliphatic heterocycles. The Morgan fingerprint density at radius 1 is 0.973 bits per heavy atom. The number of anilines is 1. The number of carbonyl (C=O) groups is 2. The van der Waals surface area contributed by atoms with Gasteiger partial charge < -0.3 is 24.1 Å². The van der Waals surface area contributed by atoms with Crippen molar-refractivity contribution < 1.29 is 33.6 Å². The zero-order valence-electron chi connectivity index (χ0n) is 21.0. The Morgan fingerprint density at radius 3 is 2.35 bits per heavy atom. The molecule has 3 aromatic rings. The van der Waals surface area contributed by atoms with Crippen LogP contribution < -0.4 is 23.8 Å². The number of fused-ring (bicyclic) bond motifs is 1. The predicted octanol–water partition coefficient (Wildman–Crippen LogP) is 5.15. The Labute approximate surface area is 214 Å². The highest BCUT2D eigenvalue weighted by atomic mass is 16.7. The minimum absolute atomic E-state index is 0.00605. The summed E-state index contributed by atoms with van der Waals surface area (Å²) in [6.45, 7) is 5.74. The summed E-state index contributed by atoms with van der Waals surface area (Å²) in [5, 5.41) is 11.4. The molecule has 37 heavy (non-hydrogen) atoms. The van der Waals surface area contributed by atoms with E-state index in [0.29, 0.717) is 45.4 Å². The average molecular weight is 502 g/mol. The highest BCUT2D eigenvalue weighted by Crippen LogP contribution is 2.45. The van der Waals surface area contributed by atoms with Crippen molar-refractivity contribution >= 4 is 23.1 Å². The molecule has 0 aliphatic carbocycles. The number of Topliss-reactive ketones (excluding diaryl/α,β-unsaturated/α-hetero) is 1. The summed E-state index contributed by atoms with van der Waals surface area (Å²) < 4.78 is 21.9. The van der Waals surface area contributed by atoms with E-state index in [-0.39, 0.29) is 24.2 Å². The number of hydrogen-bond donors (Lipinski definition) is 1. The average Bonchev–Trinajstić information content (AvgIpc) is 3.45. The van der Waals surface area contributed by atoms with Crippen LogP contribution in [0.5, 0.6) is 23.0 Å². The third kappa shape index (κ3) is 4.35. The monoisotopic (exact) mass is 501 g/mol. The van der Waals surface area contributed by atoms with Gasteiger partial charge in [-0.15, -0.1) is 0 Å². The largest absolute Gasteiger partial charge is 0.507 e. The van der Waals surface area contributed by atoms with Crippen molar-refractivity contribution in [1.82, 2.24) is 0 Å². The molecule has 2 aliphatic rings. The van der Waals surface area contributed by atoms with Crippen molar-refractivity contribution in [1.29, 1.82) is 0 Å². The minimum atomic E-state index is -0.880. The Bertz CT molecular complexity index is 1410. The highest BCUT2D eigenvalue weighted by molar-refractivity contribution is 6.51.